The first kappa shape index (κ1) is 22.8. The Balaban J connectivity index is 1.61. The molecule has 10 nitrogen and oxygen atoms in total. The van der Waals surface area contributed by atoms with Gasteiger partial charge in [0.05, 0.1) is 39.8 Å². The molecule has 2 aromatic carbocycles. The smallest absolute Gasteiger partial charge is 0.276 e. The molecule has 1 aliphatic rings. The summed E-state index contributed by atoms with van der Waals surface area (Å²) >= 11 is 1.40. The number of nitrogens with zero attached hydrogens (tertiary/aromatic N) is 4. The van der Waals surface area contributed by atoms with E-state index in [2.05, 4.69) is 14.8 Å². The number of nitrogens with one attached hydrogen (secondary N) is 1. The third-order valence-electron chi connectivity index (χ3n) is 5.01. The molecule has 0 aliphatic carbocycles. The molecular formula is C21H21N5O5S2. The summed E-state index contributed by atoms with van der Waals surface area (Å²) in [5.74, 6) is 0. The maximum atomic E-state index is 12.6. The third kappa shape index (κ3) is 5.18. The number of thiazole rings is 1. The summed E-state index contributed by atoms with van der Waals surface area (Å²) in [7, 11) is -4.09. The zero-order valence-corrected chi connectivity index (χ0v) is 19.3. The van der Waals surface area contributed by atoms with Crippen molar-refractivity contribution in [2.45, 2.75) is 11.8 Å². The van der Waals surface area contributed by atoms with Crippen molar-refractivity contribution in [3.05, 3.63) is 69.1 Å². The van der Waals surface area contributed by atoms with Crippen LogP contribution in [0.1, 0.15) is 10.4 Å². The Bertz CT molecular complexity index is 1290. The molecule has 3 aromatic rings. The average molecular weight is 488 g/mol. The summed E-state index contributed by atoms with van der Waals surface area (Å²) in [4.78, 5) is 20.0. The number of aryl methyl sites for hydroxylation is 1. The van der Waals surface area contributed by atoms with E-state index in [1.807, 2.05) is 30.3 Å². The van der Waals surface area contributed by atoms with Crippen LogP contribution in [0.4, 0.5) is 10.8 Å². The topological polar surface area (TPSA) is 127 Å². The molecule has 1 aliphatic heterocycles. The number of sulfonamides is 1. The fourth-order valence-corrected chi connectivity index (χ4v) is 5.08. The van der Waals surface area contributed by atoms with Gasteiger partial charge in [-0.05, 0) is 13.0 Å². The van der Waals surface area contributed by atoms with Crippen molar-refractivity contribution in [2.24, 2.45) is 5.10 Å². The van der Waals surface area contributed by atoms with Crippen LogP contribution in [-0.2, 0) is 14.8 Å². The summed E-state index contributed by atoms with van der Waals surface area (Å²) in [6, 6.07) is 13.3. The van der Waals surface area contributed by atoms with E-state index >= 15 is 0 Å². The fourth-order valence-electron chi connectivity index (χ4n) is 3.26. The Kier molecular flexibility index (Phi) is 6.67. The molecule has 33 heavy (non-hydrogen) atoms. The van der Waals surface area contributed by atoms with Crippen LogP contribution in [0.15, 0.2) is 58.5 Å². The number of hydrazone groups is 1. The number of nitro groups is 1. The zero-order valence-electron chi connectivity index (χ0n) is 17.7. The lowest BCUT2D eigenvalue weighted by molar-refractivity contribution is -0.385. The first-order valence-corrected chi connectivity index (χ1v) is 12.3. The number of aromatic nitrogens is 1. The first-order chi connectivity index (χ1) is 15.8. The molecule has 0 atom stereocenters. The highest BCUT2D eigenvalue weighted by molar-refractivity contribution is 7.89. The van der Waals surface area contributed by atoms with Gasteiger partial charge in [0.1, 0.15) is 0 Å². The summed E-state index contributed by atoms with van der Waals surface area (Å²) in [6.45, 7) is 4.22. The van der Waals surface area contributed by atoms with E-state index in [4.69, 9.17) is 9.72 Å². The molecule has 0 unspecified atom stereocenters. The van der Waals surface area contributed by atoms with Gasteiger partial charge in [0.15, 0.2) is 5.13 Å². The van der Waals surface area contributed by atoms with Crippen molar-refractivity contribution in [1.29, 1.82) is 0 Å². The van der Waals surface area contributed by atoms with Gasteiger partial charge in [0, 0.05) is 30.3 Å². The molecule has 1 aromatic heterocycles. The molecule has 1 saturated heterocycles. The van der Waals surface area contributed by atoms with E-state index < -0.39 is 14.9 Å². The largest absolute Gasteiger partial charge is 0.378 e. The molecule has 0 saturated carbocycles. The first-order valence-electron chi connectivity index (χ1n) is 10.0. The number of nitro benzene ring substituents is 1. The normalized spacial score (nSPS) is 14.5. The molecule has 1 N–H and O–H groups in total. The Morgan fingerprint density at radius 1 is 1.21 bits per heavy atom. The fraction of sp³-hybridized carbons (Fsp3) is 0.238. The molecule has 0 bridgehead atoms. The van der Waals surface area contributed by atoms with Crippen molar-refractivity contribution in [2.75, 3.05) is 31.2 Å². The van der Waals surface area contributed by atoms with Crippen LogP contribution in [0.3, 0.4) is 0 Å². The summed E-state index contributed by atoms with van der Waals surface area (Å²) in [6.07, 6.45) is 1.41. The van der Waals surface area contributed by atoms with Crippen LogP contribution < -0.4 is 9.73 Å². The van der Waals surface area contributed by atoms with Crippen LogP contribution in [0.5, 0.6) is 0 Å². The Hall–Kier alpha value is -3.35. The summed E-state index contributed by atoms with van der Waals surface area (Å²) in [5.41, 5.74) is 1.67. The predicted molar refractivity (Wildman–Crippen MR) is 126 cm³/mol. The van der Waals surface area contributed by atoms with E-state index in [0.29, 0.717) is 29.3 Å². The number of hydrogen-bond donors (Lipinski definition) is 1. The molecule has 2 heterocycles. The Morgan fingerprint density at radius 3 is 2.64 bits per heavy atom. The highest BCUT2D eigenvalue weighted by atomic mass is 32.2. The van der Waals surface area contributed by atoms with Crippen LogP contribution in [-0.4, -0.2) is 50.8 Å². The van der Waals surface area contributed by atoms with Gasteiger partial charge in [0.2, 0.25) is 0 Å². The summed E-state index contributed by atoms with van der Waals surface area (Å²) < 4.78 is 30.7. The van der Waals surface area contributed by atoms with Crippen LogP contribution in [0.2, 0.25) is 0 Å². The van der Waals surface area contributed by atoms with E-state index in [1.54, 1.807) is 6.92 Å². The maximum absolute atomic E-state index is 12.6. The standard InChI is InChI=1S/C21H21N5O5S2/c1-15-7-8-17(13-18(15)26(27)28)33(29,30)24-22-14-19-20(16-5-3-2-4-6-16)23-21(32-19)25-9-11-31-12-10-25/h2-8,13-14,24H,9-12H2,1H3. The Morgan fingerprint density at radius 2 is 1.94 bits per heavy atom. The molecule has 0 spiro atoms. The van der Waals surface area contributed by atoms with Gasteiger partial charge in [0.25, 0.3) is 15.7 Å². The number of hydrogen-bond acceptors (Lipinski definition) is 9. The van der Waals surface area contributed by atoms with E-state index in [9.17, 15) is 18.5 Å². The number of benzene rings is 2. The zero-order chi connectivity index (χ0) is 23.4. The minimum absolute atomic E-state index is 0.237. The second-order valence-corrected chi connectivity index (χ2v) is 9.90. The molecule has 1 fully saturated rings. The van der Waals surface area contributed by atoms with Crippen molar-refractivity contribution in [3.8, 4) is 11.3 Å². The highest BCUT2D eigenvalue weighted by Gasteiger charge is 2.21. The molecule has 12 heteroatoms. The lowest BCUT2D eigenvalue weighted by Gasteiger charge is -2.26. The quantitative estimate of drug-likeness (QED) is 0.308. The lowest BCUT2D eigenvalue weighted by Crippen LogP contribution is -2.36. The summed E-state index contributed by atoms with van der Waals surface area (Å²) in [5, 5.41) is 15.9. The second kappa shape index (κ2) is 9.65. The second-order valence-electron chi connectivity index (χ2n) is 7.23. The highest BCUT2D eigenvalue weighted by Crippen LogP contribution is 2.32. The monoisotopic (exact) mass is 487 g/mol. The molecule has 0 amide bonds. The number of morpholine rings is 1. The maximum Gasteiger partial charge on any atom is 0.276 e. The van der Waals surface area contributed by atoms with E-state index in [-0.39, 0.29) is 10.6 Å². The van der Waals surface area contributed by atoms with Crippen molar-refractivity contribution in [3.63, 3.8) is 0 Å². The van der Waals surface area contributed by atoms with Crippen LogP contribution in [0, 0.1) is 17.0 Å². The van der Waals surface area contributed by atoms with Crippen LogP contribution in [0.25, 0.3) is 11.3 Å². The number of ether oxygens (including phenoxy) is 1. The van der Waals surface area contributed by atoms with Crippen molar-refractivity contribution < 1.29 is 18.1 Å². The van der Waals surface area contributed by atoms with Gasteiger partial charge in [-0.2, -0.15) is 13.5 Å². The van der Waals surface area contributed by atoms with Crippen LogP contribution >= 0.6 is 11.3 Å². The van der Waals surface area contributed by atoms with Crippen molar-refractivity contribution >= 4 is 38.4 Å². The van der Waals surface area contributed by atoms with Gasteiger partial charge in [-0.25, -0.2) is 9.82 Å². The van der Waals surface area contributed by atoms with E-state index in [0.717, 1.165) is 29.9 Å². The SMILES string of the molecule is Cc1ccc(S(=O)(=O)NN=Cc2sc(N3CCOCC3)nc2-c2ccccc2)cc1[N+](=O)[O-]. The molecule has 172 valence electrons. The van der Waals surface area contributed by atoms with Gasteiger partial charge >= 0.3 is 0 Å². The van der Waals surface area contributed by atoms with E-state index in [1.165, 1.54) is 29.7 Å². The van der Waals surface area contributed by atoms with Gasteiger partial charge in [-0.1, -0.05) is 47.7 Å². The molecular weight excluding hydrogens is 466 g/mol. The minimum atomic E-state index is -4.09. The molecule has 4 rings (SSSR count). The lowest BCUT2D eigenvalue weighted by atomic mass is 10.1. The average Bonchev–Trinajstić information content (AvgIpc) is 3.24. The Labute approximate surface area is 194 Å². The van der Waals surface area contributed by atoms with Gasteiger partial charge in [-0.3, -0.25) is 10.1 Å². The number of anilines is 1. The van der Waals surface area contributed by atoms with Gasteiger partial charge < -0.3 is 9.64 Å². The minimum Gasteiger partial charge on any atom is -0.378 e. The number of rotatable bonds is 7. The van der Waals surface area contributed by atoms with Gasteiger partial charge in [-0.15, -0.1) is 0 Å². The third-order valence-corrected chi connectivity index (χ3v) is 7.28. The molecule has 0 radical (unpaired) electrons. The van der Waals surface area contributed by atoms with Crippen molar-refractivity contribution in [1.82, 2.24) is 9.82 Å². The predicted octanol–water partition coefficient (Wildman–Crippen LogP) is 3.18.